The molecule has 19 heteroatoms. The second-order valence-electron chi connectivity index (χ2n) is 14.6. The number of benzene rings is 4. The Balaban J connectivity index is 0.000000263. The standard InChI is InChI=1S/C27H25Cl2F3N2O2.C9H7F3O2.C8H7F3O2.CH4/c1-25(2,18-5-7-21(8-6-18)35-27(30,31)32)34-12-9-26(10-13-34)24-22(4-3-11-33-24)23(36-26)17-14-19(28)16-20(29)15-17;1-6(13)7-2-4-8(5-3-7)14-9(10,11)12;1-12-6-2-4-7(5-3-6)13-8(9,10)11;/h3-8,11,14-16,23H,9-10,12-13H2,1-2H3;2-5H,1H3;2-5H,1H3;1H4. The number of piperidine rings is 1. The molecule has 64 heavy (non-hydrogen) atoms. The molecule has 1 saturated heterocycles. The lowest BCUT2D eigenvalue weighted by Crippen LogP contribution is -2.50. The molecule has 0 amide bonds. The van der Waals surface area contributed by atoms with Crippen LogP contribution in [-0.4, -0.2) is 55.0 Å². The molecule has 2 aliphatic heterocycles. The number of carbonyl (C=O) groups is 1. The fourth-order valence-electron chi connectivity index (χ4n) is 7.03. The van der Waals surface area contributed by atoms with Gasteiger partial charge in [-0.3, -0.25) is 14.7 Å². The summed E-state index contributed by atoms with van der Waals surface area (Å²) < 4.78 is 131. The van der Waals surface area contributed by atoms with Crippen LogP contribution in [-0.2, 0) is 15.9 Å². The Morgan fingerprint density at radius 3 is 1.58 bits per heavy atom. The lowest BCUT2D eigenvalue weighted by Gasteiger charge is -2.46. The molecule has 2 aliphatic rings. The predicted octanol–water partition coefficient (Wildman–Crippen LogP) is 13.7. The molecule has 0 bridgehead atoms. The Hall–Kier alpha value is -5.23. The van der Waals surface area contributed by atoms with Crippen molar-refractivity contribution < 1.29 is 68.0 Å². The second kappa shape index (κ2) is 20.7. The number of halogens is 11. The summed E-state index contributed by atoms with van der Waals surface area (Å²) in [6, 6.07) is 25.4. The number of fused-ring (bicyclic) bond motifs is 2. The maximum absolute atomic E-state index is 12.5. The number of Topliss-reactive ketones (excluding diaryl/α,β-unsaturated/α-hetero) is 1. The summed E-state index contributed by atoms with van der Waals surface area (Å²) in [5.41, 5.74) is 3.17. The first-order valence-electron chi connectivity index (χ1n) is 18.8. The number of hydrogen-bond acceptors (Lipinski definition) is 8. The van der Waals surface area contributed by atoms with E-state index in [9.17, 15) is 44.3 Å². The highest BCUT2D eigenvalue weighted by molar-refractivity contribution is 6.34. The summed E-state index contributed by atoms with van der Waals surface area (Å²) in [5.74, 6) is -0.539. The van der Waals surface area contributed by atoms with Gasteiger partial charge in [-0.05, 0) is 130 Å². The van der Waals surface area contributed by atoms with E-state index in [1.807, 2.05) is 24.3 Å². The van der Waals surface area contributed by atoms with E-state index in [4.69, 9.17) is 37.7 Å². The second-order valence-corrected chi connectivity index (χ2v) is 15.5. The van der Waals surface area contributed by atoms with Crippen LogP contribution < -0.4 is 18.9 Å². The minimum atomic E-state index is -4.71. The summed E-state index contributed by atoms with van der Waals surface area (Å²) in [7, 11) is 1.43. The van der Waals surface area contributed by atoms with Crippen LogP contribution in [0, 0.1) is 0 Å². The Labute approximate surface area is 373 Å². The van der Waals surface area contributed by atoms with Gasteiger partial charge in [0.25, 0.3) is 0 Å². The first-order chi connectivity index (χ1) is 29.4. The van der Waals surface area contributed by atoms with Gasteiger partial charge in [0, 0.05) is 46.0 Å². The quantitative estimate of drug-likeness (QED) is 0.112. The van der Waals surface area contributed by atoms with Crippen molar-refractivity contribution in [3.63, 3.8) is 0 Å². The minimum Gasteiger partial charge on any atom is -0.497 e. The van der Waals surface area contributed by atoms with Crippen molar-refractivity contribution in [2.75, 3.05) is 20.2 Å². The fraction of sp³-hybridized carbons (Fsp3) is 0.333. The average Bonchev–Trinajstić information content (AvgIpc) is 3.50. The molecule has 1 atom stereocenters. The van der Waals surface area contributed by atoms with Crippen molar-refractivity contribution in [1.82, 2.24) is 9.88 Å². The van der Waals surface area contributed by atoms with Crippen LogP contribution in [0.3, 0.4) is 0 Å². The smallest absolute Gasteiger partial charge is 0.497 e. The molecule has 1 spiro atoms. The number of ether oxygens (including phenoxy) is 5. The predicted molar refractivity (Wildman–Crippen MR) is 222 cm³/mol. The van der Waals surface area contributed by atoms with Crippen LogP contribution in [0.25, 0.3) is 0 Å². The van der Waals surface area contributed by atoms with E-state index in [-0.39, 0.29) is 36.6 Å². The van der Waals surface area contributed by atoms with Gasteiger partial charge in [-0.2, -0.15) is 0 Å². The molecule has 0 aliphatic carbocycles. The third kappa shape index (κ3) is 14.1. The van der Waals surface area contributed by atoms with Gasteiger partial charge in [0.1, 0.15) is 34.7 Å². The highest BCUT2D eigenvalue weighted by atomic mass is 35.5. The van der Waals surface area contributed by atoms with Crippen LogP contribution in [0.4, 0.5) is 39.5 Å². The molecule has 0 saturated carbocycles. The number of aromatic nitrogens is 1. The van der Waals surface area contributed by atoms with Gasteiger partial charge < -0.3 is 23.7 Å². The van der Waals surface area contributed by atoms with Gasteiger partial charge in [-0.25, -0.2) is 0 Å². The zero-order chi connectivity index (χ0) is 46.4. The third-order valence-corrected chi connectivity index (χ3v) is 10.5. The zero-order valence-electron chi connectivity index (χ0n) is 33.8. The lowest BCUT2D eigenvalue weighted by molar-refractivity contribution is -0.275. The average molecular weight is 950 g/mol. The summed E-state index contributed by atoms with van der Waals surface area (Å²) in [6.45, 7) is 6.94. The van der Waals surface area contributed by atoms with Gasteiger partial charge in [0.05, 0.1) is 12.8 Å². The number of nitrogens with zero attached hydrogens (tertiary/aromatic N) is 2. The highest BCUT2D eigenvalue weighted by Crippen LogP contribution is 2.52. The van der Waals surface area contributed by atoms with E-state index in [2.05, 4.69) is 33.0 Å². The van der Waals surface area contributed by atoms with Crippen LogP contribution in [0.15, 0.2) is 109 Å². The first kappa shape index (κ1) is 51.4. The molecule has 1 unspecified atom stereocenters. The summed E-state index contributed by atoms with van der Waals surface area (Å²) in [4.78, 5) is 17.8. The largest absolute Gasteiger partial charge is 0.573 e. The van der Waals surface area contributed by atoms with Gasteiger partial charge >= 0.3 is 19.1 Å². The van der Waals surface area contributed by atoms with Crippen LogP contribution in [0.2, 0.25) is 10.0 Å². The first-order valence-corrected chi connectivity index (χ1v) is 19.6. The van der Waals surface area contributed by atoms with Crippen molar-refractivity contribution in [2.45, 2.75) is 77.4 Å². The number of methoxy groups -OCH3 is 1. The lowest BCUT2D eigenvalue weighted by atomic mass is 9.83. The highest BCUT2D eigenvalue weighted by Gasteiger charge is 2.50. The monoisotopic (exact) mass is 948 g/mol. The Morgan fingerprint density at radius 1 is 0.703 bits per heavy atom. The van der Waals surface area contributed by atoms with Gasteiger partial charge in [0.15, 0.2) is 5.78 Å². The molecule has 8 nitrogen and oxygen atoms in total. The number of rotatable bonds is 8. The molecule has 7 rings (SSSR count). The van der Waals surface area contributed by atoms with Crippen molar-refractivity contribution in [2.24, 2.45) is 0 Å². The summed E-state index contributed by atoms with van der Waals surface area (Å²) in [6.07, 6.45) is -11.1. The number of alkyl halides is 9. The van der Waals surface area contributed by atoms with Crippen LogP contribution in [0.1, 0.15) is 79.9 Å². The number of pyridine rings is 1. The van der Waals surface area contributed by atoms with Gasteiger partial charge in [-0.15, -0.1) is 39.5 Å². The molecule has 4 aromatic carbocycles. The van der Waals surface area contributed by atoms with Gasteiger partial charge in [0.2, 0.25) is 0 Å². The molecule has 1 fully saturated rings. The summed E-state index contributed by atoms with van der Waals surface area (Å²) in [5, 5.41) is 1.10. The molecule has 1 aromatic heterocycles. The maximum Gasteiger partial charge on any atom is 0.573 e. The van der Waals surface area contributed by atoms with E-state index in [0.29, 0.717) is 21.4 Å². The normalized spacial score (nSPS) is 15.9. The zero-order valence-corrected chi connectivity index (χ0v) is 35.3. The van der Waals surface area contributed by atoms with E-state index >= 15 is 0 Å². The van der Waals surface area contributed by atoms with Crippen LogP contribution >= 0.6 is 23.2 Å². The molecular formula is C45H43Cl2F9N2O6. The maximum atomic E-state index is 12.5. The van der Waals surface area contributed by atoms with Crippen molar-refractivity contribution in [1.29, 1.82) is 0 Å². The molecule has 0 N–H and O–H groups in total. The number of ketones is 1. The molecule has 346 valence electrons. The number of likely N-dealkylation sites (tertiary alicyclic amines) is 1. The number of carbonyl (C=O) groups excluding carboxylic acids is 1. The van der Waals surface area contributed by atoms with Crippen molar-refractivity contribution in [3.05, 3.63) is 147 Å². The third-order valence-electron chi connectivity index (χ3n) is 10.0. The number of hydrogen-bond donors (Lipinski definition) is 0. The Bertz CT molecular complexity index is 2280. The van der Waals surface area contributed by atoms with Crippen molar-refractivity contribution >= 4 is 29.0 Å². The fourth-order valence-corrected chi connectivity index (χ4v) is 7.57. The minimum absolute atomic E-state index is 0. The van der Waals surface area contributed by atoms with Gasteiger partial charge in [-0.1, -0.05) is 48.8 Å². The SMILES string of the molecule is C.CC(=O)c1ccc(OC(F)(F)F)cc1.CC(C)(c1ccc(OC(F)(F)F)cc1)N1CCC2(CC1)OC(c1cc(Cl)cc(Cl)c1)c1cccnc12.COc1ccc(OC(F)(F)F)cc1. The van der Waals surface area contributed by atoms with E-state index in [1.54, 1.807) is 24.4 Å². The van der Waals surface area contributed by atoms with E-state index in [1.165, 1.54) is 62.6 Å². The van der Waals surface area contributed by atoms with Crippen LogP contribution in [0.5, 0.6) is 23.0 Å². The van der Waals surface area contributed by atoms with Crippen molar-refractivity contribution in [3.8, 4) is 23.0 Å². The molecule has 5 aromatic rings. The molecular weight excluding hydrogens is 906 g/mol. The topological polar surface area (TPSA) is 79.4 Å². The molecule has 3 heterocycles. The summed E-state index contributed by atoms with van der Waals surface area (Å²) >= 11 is 12.6. The molecule has 0 radical (unpaired) electrons. The van der Waals surface area contributed by atoms with E-state index in [0.717, 1.165) is 60.4 Å². The van der Waals surface area contributed by atoms with E-state index < -0.39 is 30.2 Å². The Morgan fingerprint density at radius 2 is 1.14 bits per heavy atom. The Kier molecular flexibility index (Phi) is 16.7.